The second kappa shape index (κ2) is 9.30. The van der Waals surface area contributed by atoms with E-state index in [4.69, 9.17) is 4.74 Å². The second-order valence-electron chi connectivity index (χ2n) is 12.5. The number of amides is 2. The molecule has 8 heteroatoms. The zero-order valence-electron chi connectivity index (χ0n) is 23.7. The molecule has 208 valence electrons. The minimum Gasteiger partial charge on any atom is -0.444 e. The number of hydrogen-bond donors (Lipinski definition) is 4. The number of aliphatic hydroxyl groups is 1. The molecule has 8 nitrogen and oxygen atoms in total. The average molecular weight is 533 g/mol. The Morgan fingerprint density at radius 1 is 1.18 bits per heavy atom. The van der Waals surface area contributed by atoms with Crippen LogP contribution < -0.4 is 20.9 Å². The molecule has 1 fully saturated rings. The van der Waals surface area contributed by atoms with Gasteiger partial charge in [-0.15, -0.1) is 0 Å². The lowest BCUT2D eigenvalue weighted by atomic mass is 9.51. The standard InChI is InChI=1S/C31H40N4O4/c1-28(2,3)39-27(37)33-19-17-31-24-20(14-15-29(4,5)38)10-9-13-23(24)35(6)25(31)34-22-12-8-7-11-21(22)30(31)16-18-32-26(30)36/h7-15,25,34,38H,16-19H2,1-6H3,(H,32,36)(H,33,37)/b15-14+/t25-,30+,31+/m1/s1. The van der Waals surface area contributed by atoms with Gasteiger partial charge in [-0.25, -0.2) is 4.79 Å². The first kappa shape index (κ1) is 27.1. The van der Waals surface area contributed by atoms with Crippen molar-refractivity contribution in [1.29, 1.82) is 0 Å². The van der Waals surface area contributed by atoms with Gasteiger partial charge in [0, 0.05) is 31.5 Å². The molecule has 5 rings (SSSR count). The third-order valence-electron chi connectivity index (χ3n) is 8.23. The average Bonchev–Trinajstić information content (AvgIpc) is 3.34. The van der Waals surface area contributed by atoms with Crippen LogP contribution in [0.1, 0.15) is 64.2 Å². The maximum atomic E-state index is 14.2. The highest BCUT2D eigenvalue weighted by atomic mass is 16.6. The van der Waals surface area contributed by atoms with Crippen molar-refractivity contribution in [3.63, 3.8) is 0 Å². The molecule has 0 bridgehead atoms. The first-order chi connectivity index (χ1) is 18.3. The van der Waals surface area contributed by atoms with Crippen LogP contribution in [0.4, 0.5) is 16.2 Å². The molecule has 2 amide bonds. The number of likely N-dealkylation sites (N-methyl/N-ethyl adjacent to an activating group) is 1. The van der Waals surface area contributed by atoms with Crippen LogP contribution in [0.15, 0.2) is 48.5 Å². The fourth-order valence-corrected chi connectivity index (χ4v) is 6.87. The number of carbonyl (C=O) groups excluding carboxylic acids is 2. The predicted molar refractivity (Wildman–Crippen MR) is 154 cm³/mol. The Morgan fingerprint density at radius 2 is 1.92 bits per heavy atom. The molecule has 3 atom stereocenters. The van der Waals surface area contributed by atoms with Crippen molar-refractivity contribution in [3.05, 3.63) is 65.2 Å². The highest BCUT2D eigenvalue weighted by Crippen LogP contribution is 2.63. The zero-order valence-corrected chi connectivity index (χ0v) is 23.7. The minimum atomic E-state index is -1.00. The molecule has 0 unspecified atom stereocenters. The van der Waals surface area contributed by atoms with E-state index in [-0.39, 0.29) is 12.1 Å². The van der Waals surface area contributed by atoms with Gasteiger partial charge in [-0.1, -0.05) is 42.5 Å². The summed E-state index contributed by atoms with van der Waals surface area (Å²) in [7, 11) is 2.05. The molecule has 1 spiro atoms. The van der Waals surface area contributed by atoms with Gasteiger partial charge >= 0.3 is 6.09 Å². The van der Waals surface area contributed by atoms with Crippen molar-refractivity contribution >= 4 is 29.5 Å². The Hall–Kier alpha value is -3.52. The van der Waals surface area contributed by atoms with Gasteiger partial charge < -0.3 is 30.7 Å². The molecular formula is C31H40N4O4. The molecule has 0 aromatic heterocycles. The lowest BCUT2D eigenvalue weighted by molar-refractivity contribution is -0.127. The maximum absolute atomic E-state index is 14.2. The molecular weight excluding hydrogens is 492 g/mol. The highest BCUT2D eigenvalue weighted by Gasteiger charge is 2.69. The molecule has 39 heavy (non-hydrogen) atoms. The highest BCUT2D eigenvalue weighted by molar-refractivity contribution is 5.98. The van der Waals surface area contributed by atoms with Crippen LogP contribution in [0.5, 0.6) is 0 Å². The third-order valence-corrected chi connectivity index (χ3v) is 8.23. The Bertz CT molecular complexity index is 1320. The molecule has 3 aliphatic heterocycles. The van der Waals surface area contributed by atoms with Gasteiger partial charge in [0.15, 0.2) is 0 Å². The van der Waals surface area contributed by atoms with Gasteiger partial charge in [-0.2, -0.15) is 0 Å². The second-order valence-corrected chi connectivity index (χ2v) is 12.5. The zero-order chi connectivity index (χ0) is 28.2. The molecule has 4 N–H and O–H groups in total. The number of alkyl carbamates (subject to hydrolysis) is 1. The van der Waals surface area contributed by atoms with Crippen molar-refractivity contribution in [2.45, 2.75) is 75.7 Å². The normalized spacial score (nSPS) is 25.7. The van der Waals surface area contributed by atoms with Crippen LogP contribution in [0.25, 0.3) is 6.08 Å². The van der Waals surface area contributed by atoms with Crippen molar-refractivity contribution in [2.75, 3.05) is 30.4 Å². The molecule has 2 aromatic rings. The van der Waals surface area contributed by atoms with Gasteiger partial charge in [-0.05, 0) is 76.3 Å². The van der Waals surface area contributed by atoms with Gasteiger partial charge in [0.25, 0.3) is 0 Å². The Labute approximate surface area is 230 Å². The summed E-state index contributed by atoms with van der Waals surface area (Å²) >= 11 is 0. The van der Waals surface area contributed by atoms with Gasteiger partial charge in [-0.3, -0.25) is 4.79 Å². The molecule has 1 saturated heterocycles. The first-order valence-electron chi connectivity index (χ1n) is 13.7. The summed E-state index contributed by atoms with van der Waals surface area (Å²) in [5.41, 5.74) is 1.71. The lowest BCUT2D eigenvalue weighted by Crippen LogP contribution is -2.66. The van der Waals surface area contributed by atoms with Gasteiger partial charge in [0.2, 0.25) is 5.91 Å². The van der Waals surface area contributed by atoms with Crippen LogP contribution in [-0.2, 0) is 20.4 Å². The molecule has 3 aliphatic rings. The summed E-state index contributed by atoms with van der Waals surface area (Å²) in [4.78, 5) is 29.1. The van der Waals surface area contributed by atoms with E-state index in [1.54, 1.807) is 19.9 Å². The Balaban J connectivity index is 1.72. The number of nitrogens with one attached hydrogen (secondary N) is 3. The van der Waals surface area contributed by atoms with E-state index in [1.165, 1.54) is 0 Å². The van der Waals surface area contributed by atoms with Crippen molar-refractivity contribution in [1.82, 2.24) is 10.6 Å². The van der Waals surface area contributed by atoms with Crippen LogP contribution >= 0.6 is 0 Å². The van der Waals surface area contributed by atoms with E-state index in [9.17, 15) is 14.7 Å². The smallest absolute Gasteiger partial charge is 0.407 e. The van der Waals surface area contributed by atoms with Crippen molar-refractivity contribution in [3.8, 4) is 0 Å². The van der Waals surface area contributed by atoms with E-state index >= 15 is 0 Å². The number of carbonyl (C=O) groups is 2. The van der Waals surface area contributed by atoms with Crippen LogP contribution in [-0.4, -0.2) is 54.6 Å². The number of para-hydroxylation sites is 1. The number of ether oxygens (including phenoxy) is 1. The fraction of sp³-hybridized carbons (Fsp3) is 0.484. The molecule has 0 saturated carbocycles. The monoisotopic (exact) mass is 532 g/mol. The van der Waals surface area contributed by atoms with Crippen LogP contribution in [0.2, 0.25) is 0 Å². The van der Waals surface area contributed by atoms with E-state index in [2.05, 4.69) is 40.0 Å². The topological polar surface area (TPSA) is 103 Å². The summed E-state index contributed by atoms with van der Waals surface area (Å²) in [6.07, 6.45) is 4.14. The maximum Gasteiger partial charge on any atom is 0.407 e. The summed E-state index contributed by atoms with van der Waals surface area (Å²) < 4.78 is 5.53. The molecule has 3 heterocycles. The number of nitrogens with zero attached hydrogens (tertiary/aromatic N) is 1. The van der Waals surface area contributed by atoms with Gasteiger partial charge in [0.1, 0.15) is 11.8 Å². The van der Waals surface area contributed by atoms with Gasteiger partial charge in [0.05, 0.1) is 16.4 Å². The molecule has 0 aliphatic carbocycles. The van der Waals surface area contributed by atoms with Crippen LogP contribution in [0.3, 0.4) is 0 Å². The molecule has 2 aromatic carbocycles. The predicted octanol–water partition coefficient (Wildman–Crippen LogP) is 4.28. The summed E-state index contributed by atoms with van der Waals surface area (Å²) in [5.74, 6) is 0.00115. The number of hydrogen-bond acceptors (Lipinski definition) is 6. The molecule has 0 radical (unpaired) electrons. The number of rotatable bonds is 5. The van der Waals surface area contributed by atoms with E-state index in [0.717, 1.165) is 28.1 Å². The van der Waals surface area contributed by atoms with Crippen molar-refractivity contribution < 1.29 is 19.4 Å². The summed E-state index contributed by atoms with van der Waals surface area (Å²) in [6, 6.07) is 14.2. The Morgan fingerprint density at radius 3 is 2.59 bits per heavy atom. The summed E-state index contributed by atoms with van der Waals surface area (Å²) in [6.45, 7) is 9.89. The number of anilines is 2. The van der Waals surface area contributed by atoms with Crippen molar-refractivity contribution in [2.24, 2.45) is 0 Å². The quantitative estimate of drug-likeness (QED) is 0.458. The van der Waals surface area contributed by atoms with E-state index in [1.807, 2.05) is 57.2 Å². The third kappa shape index (κ3) is 4.35. The Kier molecular flexibility index (Phi) is 6.45. The first-order valence-corrected chi connectivity index (χ1v) is 13.7. The van der Waals surface area contributed by atoms with E-state index in [0.29, 0.717) is 25.9 Å². The SMILES string of the molecule is CN1c2cccc(/C=C/C(C)(C)O)c2[C@@]2(CCNC(=O)OC(C)(C)C)[C@@H]1Nc1ccccc1[C@]21CCNC1=O. The fourth-order valence-electron chi connectivity index (χ4n) is 6.87. The van der Waals surface area contributed by atoms with E-state index < -0.39 is 28.1 Å². The lowest BCUT2D eigenvalue weighted by Gasteiger charge is -2.54. The minimum absolute atomic E-state index is 0.00115. The number of benzene rings is 2. The summed E-state index contributed by atoms with van der Waals surface area (Å²) in [5, 5.41) is 20.4. The largest absolute Gasteiger partial charge is 0.444 e. The number of fused-ring (bicyclic) bond motifs is 6. The van der Waals surface area contributed by atoms with Crippen LogP contribution in [0, 0.1) is 0 Å².